The van der Waals surface area contributed by atoms with Gasteiger partial charge >= 0.3 is 0 Å². The summed E-state index contributed by atoms with van der Waals surface area (Å²) in [6.45, 7) is 5.36. The van der Waals surface area contributed by atoms with E-state index in [9.17, 15) is 23.2 Å². The summed E-state index contributed by atoms with van der Waals surface area (Å²) in [7, 11) is -4.01. The first kappa shape index (κ1) is 26.5. The molecule has 1 saturated heterocycles. The van der Waals surface area contributed by atoms with Gasteiger partial charge in [-0.1, -0.05) is 18.2 Å². The normalized spacial score (nSPS) is 20.0. The summed E-state index contributed by atoms with van der Waals surface area (Å²) in [6, 6.07) is 14.9. The number of para-hydroxylation sites is 1. The number of nitrogens with zero attached hydrogens (tertiary/aromatic N) is 2. The van der Waals surface area contributed by atoms with Crippen molar-refractivity contribution >= 4 is 32.7 Å². The van der Waals surface area contributed by atoms with Crippen molar-refractivity contribution in [1.82, 2.24) is 20.1 Å². The number of benzene rings is 2. The van der Waals surface area contributed by atoms with E-state index in [0.29, 0.717) is 5.75 Å². The fourth-order valence-corrected chi connectivity index (χ4v) is 6.03. The number of piperidine rings is 1. The Labute approximate surface area is 215 Å². The third-order valence-corrected chi connectivity index (χ3v) is 8.28. The van der Waals surface area contributed by atoms with Crippen LogP contribution >= 0.6 is 0 Å². The van der Waals surface area contributed by atoms with Gasteiger partial charge in [-0.15, -0.1) is 0 Å². The summed E-state index contributed by atoms with van der Waals surface area (Å²) in [5.74, 6) is -0.505. The Morgan fingerprint density at radius 3 is 2.57 bits per heavy atom. The van der Waals surface area contributed by atoms with Crippen LogP contribution in [0.15, 0.2) is 59.5 Å². The van der Waals surface area contributed by atoms with Gasteiger partial charge in [-0.3, -0.25) is 19.8 Å². The highest BCUT2D eigenvalue weighted by Crippen LogP contribution is 2.32. The van der Waals surface area contributed by atoms with E-state index in [1.165, 1.54) is 30.9 Å². The smallest absolute Gasteiger partial charge is 0.252 e. The van der Waals surface area contributed by atoms with Crippen molar-refractivity contribution in [3.63, 3.8) is 0 Å². The molecule has 2 atom stereocenters. The van der Waals surface area contributed by atoms with Crippen LogP contribution in [0.2, 0.25) is 0 Å². The van der Waals surface area contributed by atoms with Crippen molar-refractivity contribution in [2.45, 2.75) is 44.7 Å². The first-order valence-corrected chi connectivity index (χ1v) is 13.3. The molecule has 0 spiro atoms. The van der Waals surface area contributed by atoms with Crippen LogP contribution in [-0.2, 0) is 26.2 Å². The van der Waals surface area contributed by atoms with Gasteiger partial charge in [-0.05, 0) is 56.7 Å². The number of pyridine rings is 1. The third-order valence-electron chi connectivity index (χ3n) is 6.80. The van der Waals surface area contributed by atoms with Gasteiger partial charge in [0.2, 0.25) is 15.9 Å². The Morgan fingerprint density at radius 1 is 1.19 bits per heavy atom. The van der Waals surface area contributed by atoms with Gasteiger partial charge in [0.05, 0.1) is 15.8 Å². The highest BCUT2D eigenvalue weighted by molar-refractivity contribution is 7.89. The Hall–Kier alpha value is -3.54. The van der Waals surface area contributed by atoms with E-state index in [1.54, 1.807) is 17.6 Å². The monoisotopic (exact) mass is 526 g/mol. The number of nitrogens with one attached hydrogen (secondary N) is 2. The van der Waals surface area contributed by atoms with E-state index in [1.807, 2.05) is 37.3 Å². The molecule has 1 fully saturated rings. The van der Waals surface area contributed by atoms with Gasteiger partial charge in [0, 0.05) is 42.7 Å². The lowest BCUT2D eigenvalue weighted by molar-refractivity contribution is -0.147. The zero-order chi connectivity index (χ0) is 26.8. The second-order valence-corrected chi connectivity index (χ2v) is 11.2. The molecule has 0 aliphatic carbocycles. The molecule has 11 heteroatoms. The first-order chi connectivity index (χ1) is 17.5. The maximum absolute atomic E-state index is 13.2. The lowest BCUT2D eigenvalue weighted by Gasteiger charge is -2.44. The fourth-order valence-electron chi connectivity index (χ4n) is 4.65. The van der Waals surface area contributed by atoms with Crippen molar-refractivity contribution in [2.24, 2.45) is 5.41 Å². The van der Waals surface area contributed by atoms with Crippen LogP contribution in [0.1, 0.15) is 31.5 Å². The number of likely N-dealkylation sites (tertiary alicyclic amines) is 1. The molecule has 2 amide bonds. The highest BCUT2D eigenvalue weighted by atomic mass is 32.2. The van der Waals surface area contributed by atoms with E-state index < -0.39 is 27.4 Å². The van der Waals surface area contributed by atoms with Crippen LogP contribution in [0.5, 0.6) is 5.75 Å². The Morgan fingerprint density at radius 2 is 1.89 bits per heavy atom. The van der Waals surface area contributed by atoms with Crippen LogP contribution in [0, 0.1) is 12.3 Å². The van der Waals surface area contributed by atoms with E-state index >= 15 is 0 Å². The van der Waals surface area contributed by atoms with E-state index in [0.717, 1.165) is 22.2 Å². The quantitative estimate of drug-likeness (QED) is 0.318. The summed E-state index contributed by atoms with van der Waals surface area (Å²) in [5.41, 5.74) is 2.97. The van der Waals surface area contributed by atoms with Crippen LogP contribution in [0.25, 0.3) is 10.9 Å². The molecule has 0 unspecified atom stereocenters. The fraction of sp³-hybridized carbons (Fsp3) is 0.346. The van der Waals surface area contributed by atoms with Gasteiger partial charge in [-0.25, -0.2) is 18.6 Å². The molecule has 0 radical (unpaired) electrons. The average molecular weight is 527 g/mol. The average Bonchev–Trinajstić information content (AvgIpc) is 2.87. The lowest BCUT2D eigenvalue weighted by Crippen LogP contribution is -2.62. The summed E-state index contributed by atoms with van der Waals surface area (Å²) in [6.07, 6.45) is 0.212. The molecular formula is C26H30N4O6S. The van der Waals surface area contributed by atoms with Gasteiger partial charge in [0.25, 0.3) is 5.91 Å². The second kappa shape index (κ2) is 10.4. The van der Waals surface area contributed by atoms with Crippen molar-refractivity contribution in [1.29, 1.82) is 0 Å². The third kappa shape index (κ3) is 5.58. The minimum Gasteiger partial charge on any atom is -0.489 e. The Kier molecular flexibility index (Phi) is 7.49. The molecular weight excluding hydrogens is 496 g/mol. The van der Waals surface area contributed by atoms with E-state index in [-0.39, 0.29) is 36.9 Å². The summed E-state index contributed by atoms with van der Waals surface area (Å²) < 4.78 is 34.8. The predicted molar refractivity (Wildman–Crippen MR) is 136 cm³/mol. The Balaban J connectivity index is 1.48. The molecule has 1 aliphatic heterocycles. The number of hydrogen-bond acceptors (Lipinski definition) is 7. The van der Waals surface area contributed by atoms with Crippen LogP contribution in [0.4, 0.5) is 0 Å². The molecule has 0 bridgehead atoms. The molecule has 2 heterocycles. The molecule has 1 aliphatic rings. The SMILES string of the molecule is CC(=O)N1CC[C@@H](NS(=O)(=O)c2ccc(OCc3cc(C)nc4ccccc34)cc2)[C@@](C)(C(=O)NO)C1. The zero-order valence-electron chi connectivity index (χ0n) is 20.9. The van der Waals surface area contributed by atoms with Gasteiger partial charge < -0.3 is 9.64 Å². The lowest BCUT2D eigenvalue weighted by atomic mass is 9.77. The Bertz CT molecular complexity index is 1430. The number of hydrogen-bond donors (Lipinski definition) is 3. The molecule has 10 nitrogen and oxygen atoms in total. The van der Waals surface area contributed by atoms with E-state index in [2.05, 4.69) is 9.71 Å². The largest absolute Gasteiger partial charge is 0.489 e. The molecule has 1 aromatic heterocycles. The van der Waals surface area contributed by atoms with E-state index in [4.69, 9.17) is 4.74 Å². The molecule has 2 aromatic carbocycles. The van der Waals surface area contributed by atoms with Crippen LogP contribution < -0.4 is 14.9 Å². The zero-order valence-corrected chi connectivity index (χ0v) is 21.7. The molecule has 3 aromatic rings. The van der Waals surface area contributed by atoms with Gasteiger partial charge in [0.15, 0.2) is 0 Å². The van der Waals surface area contributed by atoms with Gasteiger partial charge in [0.1, 0.15) is 12.4 Å². The van der Waals surface area contributed by atoms with Crippen molar-refractivity contribution < 1.29 is 28.0 Å². The van der Waals surface area contributed by atoms with Crippen LogP contribution in [-0.4, -0.2) is 54.5 Å². The summed E-state index contributed by atoms with van der Waals surface area (Å²) in [5, 5.41) is 10.2. The predicted octanol–water partition coefficient (Wildman–Crippen LogP) is 2.53. The maximum Gasteiger partial charge on any atom is 0.252 e. The summed E-state index contributed by atoms with van der Waals surface area (Å²) >= 11 is 0. The van der Waals surface area contributed by atoms with Crippen molar-refractivity contribution in [2.75, 3.05) is 13.1 Å². The number of fused-ring (bicyclic) bond motifs is 1. The molecule has 196 valence electrons. The number of aryl methyl sites for hydroxylation is 1. The highest BCUT2D eigenvalue weighted by Gasteiger charge is 2.47. The number of hydroxylamine groups is 1. The minimum absolute atomic E-state index is 0.00538. The summed E-state index contributed by atoms with van der Waals surface area (Å²) in [4.78, 5) is 30.3. The van der Waals surface area contributed by atoms with Gasteiger partial charge in [-0.2, -0.15) is 0 Å². The topological polar surface area (TPSA) is 138 Å². The first-order valence-electron chi connectivity index (χ1n) is 11.8. The molecule has 4 rings (SSSR count). The second-order valence-electron chi connectivity index (χ2n) is 9.46. The number of rotatable bonds is 7. The standard InChI is InChI=1S/C26H30N4O6S/c1-17-14-19(22-6-4-5-7-23(22)27-17)15-36-20-8-10-21(11-9-20)37(34,35)29-24-12-13-30(18(2)31)16-26(24,3)25(32)28-33/h4-11,14,24,29,33H,12-13,15-16H2,1-3H3,(H,28,32)/t24-,26+/m1/s1. The number of carbonyl (C=O) groups is 2. The number of sulfonamides is 1. The molecule has 0 saturated carbocycles. The maximum atomic E-state index is 13.2. The molecule has 37 heavy (non-hydrogen) atoms. The number of aromatic nitrogens is 1. The van der Waals surface area contributed by atoms with Crippen molar-refractivity contribution in [3.05, 3.63) is 65.9 Å². The minimum atomic E-state index is -4.01. The van der Waals surface area contributed by atoms with Crippen molar-refractivity contribution in [3.8, 4) is 5.75 Å². The number of ether oxygens (including phenoxy) is 1. The molecule has 3 N–H and O–H groups in total. The number of amides is 2. The van der Waals surface area contributed by atoms with Crippen LogP contribution in [0.3, 0.4) is 0 Å². The number of carbonyl (C=O) groups excluding carboxylic acids is 2.